The molecule has 0 aliphatic heterocycles. The van der Waals surface area contributed by atoms with Crippen molar-refractivity contribution in [1.29, 1.82) is 0 Å². The quantitative estimate of drug-likeness (QED) is 0.871. The highest BCUT2D eigenvalue weighted by Crippen LogP contribution is 2.29. The van der Waals surface area contributed by atoms with E-state index in [9.17, 15) is 4.79 Å². The van der Waals surface area contributed by atoms with Crippen molar-refractivity contribution in [1.82, 2.24) is 25.3 Å². The molecular formula is C11H14N6OS. The molecule has 0 saturated carbocycles. The average molecular weight is 278 g/mol. The van der Waals surface area contributed by atoms with Gasteiger partial charge in [0.2, 0.25) is 5.13 Å². The van der Waals surface area contributed by atoms with Crippen LogP contribution in [0.15, 0.2) is 11.7 Å². The van der Waals surface area contributed by atoms with Crippen LogP contribution in [-0.2, 0) is 13.5 Å². The molecule has 0 aromatic carbocycles. The Balaban J connectivity index is 1.69. The van der Waals surface area contributed by atoms with E-state index >= 15 is 0 Å². The Labute approximate surface area is 114 Å². The van der Waals surface area contributed by atoms with Crippen LogP contribution in [0, 0.1) is 0 Å². The van der Waals surface area contributed by atoms with Crippen molar-refractivity contribution in [3.8, 4) is 0 Å². The minimum absolute atomic E-state index is 0.0189. The summed E-state index contributed by atoms with van der Waals surface area (Å²) < 4.78 is 1.88. The van der Waals surface area contributed by atoms with Crippen molar-refractivity contribution in [2.24, 2.45) is 7.05 Å². The fourth-order valence-electron chi connectivity index (χ4n) is 2.38. The lowest BCUT2D eigenvalue weighted by Crippen LogP contribution is -2.34. The summed E-state index contributed by atoms with van der Waals surface area (Å²) in [5.74, 6) is 0. The van der Waals surface area contributed by atoms with Crippen LogP contribution in [0.5, 0.6) is 0 Å². The van der Waals surface area contributed by atoms with Gasteiger partial charge in [0.15, 0.2) is 0 Å². The zero-order valence-corrected chi connectivity index (χ0v) is 11.3. The summed E-state index contributed by atoms with van der Waals surface area (Å²) in [6.07, 6.45) is 4.84. The van der Waals surface area contributed by atoms with E-state index in [1.807, 2.05) is 17.9 Å². The maximum absolute atomic E-state index is 11.9. The number of nitrogens with one attached hydrogen (secondary N) is 2. The Morgan fingerprint density at radius 3 is 3.26 bits per heavy atom. The number of urea groups is 1. The van der Waals surface area contributed by atoms with Gasteiger partial charge in [-0.15, -0.1) is 10.2 Å². The van der Waals surface area contributed by atoms with E-state index in [0.717, 1.165) is 24.8 Å². The number of amides is 2. The van der Waals surface area contributed by atoms with Crippen molar-refractivity contribution < 1.29 is 4.79 Å². The van der Waals surface area contributed by atoms with Gasteiger partial charge in [-0.25, -0.2) is 4.79 Å². The summed E-state index contributed by atoms with van der Waals surface area (Å²) in [5.41, 5.74) is 3.89. The third-order valence-electron chi connectivity index (χ3n) is 3.26. The van der Waals surface area contributed by atoms with Gasteiger partial charge < -0.3 is 5.32 Å². The van der Waals surface area contributed by atoms with E-state index in [4.69, 9.17) is 0 Å². The van der Waals surface area contributed by atoms with E-state index < -0.39 is 0 Å². The van der Waals surface area contributed by atoms with Crippen molar-refractivity contribution in [2.45, 2.75) is 25.3 Å². The molecule has 1 aliphatic rings. The Kier molecular flexibility index (Phi) is 3.16. The maximum Gasteiger partial charge on any atom is 0.321 e. The van der Waals surface area contributed by atoms with Crippen LogP contribution in [0.1, 0.15) is 30.1 Å². The largest absolute Gasteiger partial charge is 0.331 e. The molecule has 2 amide bonds. The van der Waals surface area contributed by atoms with Crippen LogP contribution in [0.3, 0.4) is 0 Å². The lowest BCUT2D eigenvalue weighted by molar-refractivity contribution is 0.247. The average Bonchev–Trinajstić information content (AvgIpc) is 3.01. The molecule has 3 rings (SSSR count). The number of aryl methyl sites for hydroxylation is 1. The van der Waals surface area contributed by atoms with E-state index in [0.29, 0.717) is 5.13 Å². The number of nitrogens with zero attached hydrogens (tertiary/aromatic N) is 4. The second-order valence-corrected chi connectivity index (χ2v) is 5.29. The maximum atomic E-state index is 11.9. The fraction of sp³-hybridized carbons (Fsp3) is 0.455. The molecule has 2 aromatic rings. The first-order chi connectivity index (χ1) is 9.24. The normalized spacial score (nSPS) is 17.8. The van der Waals surface area contributed by atoms with Gasteiger partial charge in [-0.05, 0) is 19.3 Å². The molecule has 19 heavy (non-hydrogen) atoms. The zero-order chi connectivity index (χ0) is 13.2. The molecule has 2 heterocycles. The standard InChI is InChI=1S/C11H14N6OS/c1-17-9-4-2-3-8(7(9)5-13-17)14-10(18)15-11-16-12-6-19-11/h5-6,8H,2-4H2,1H3,(H2,14,15,16,18). The second kappa shape index (κ2) is 4.96. The summed E-state index contributed by atoms with van der Waals surface area (Å²) in [5, 5.41) is 17.8. The molecule has 1 unspecified atom stereocenters. The monoisotopic (exact) mass is 278 g/mol. The third-order valence-corrected chi connectivity index (χ3v) is 3.87. The molecule has 7 nitrogen and oxygen atoms in total. The van der Waals surface area contributed by atoms with E-state index in [2.05, 4.69) is 25.9 Å². The molecule has 0 radical (unpaired) electrons. The highest BCUT2D eigenvalue weighted by atomic mass is 32.1. The summed E-state index contributed by atoms with van der Waals surface area (Å²) in [6.45, 7) is 0. The number of rotatable bonds is 2. The molecule has 0 fully saturated rings. The predicted molar refractivity (Wildman–Crippen MR) is 71.0 cm³/mol. The molecule has 0 saturated heterocycles. The molecule has 2 aromatic heterocycles. The van der Waals surface area contributed by atoms with Crippen LogP contribution in [0.4, 0.5) is 9.93 Å². The van der Waals surface area contributed by atoms with Gasteiger partial charge in [-0.3, -0.25) is 10.00 Å². The lowest BCUT2D eigenvalue weighted by atomic mass is 9.93. The van der Waals surface area contributed by atoms with E-state index in [1.165, 1.54) is 17.0 Å². The Morgan fingerprint density at radius 2 is 2.47 bits per heavy atom. The van der Waals surface area contributed by atoms with Gasteiger partial charge in [-0.2, -0.15) is 5.10 Å². The molecule has 2 N–H and O–H groups in total. The number of aromatic nitrogens is 4. The van der Waals surface area contributed by atoms with Crippen LogP contribution in [-0.4, -0.2) is 26.0 Å². The van der Waals surface area contributed by atoms with Crippen LogP contribution in [0.25, 0.3) is 0 Å². The van der Waals surface area contributed by atoms with Gasteiger partial charge in [0.25, 0.3) is 0 Å². The Bertz CT molecular complexity index is 578. The zero-order valence-electron chi connectivity index (χ0n) is 10.5. The van der Waals surface area contributed by atoms with Gasteiger partial charge in [-0.1, -0.05) is 11.3 Å². The minimum Gasteiger partial charge on any atom is -0.331 e. The molecule has 0 bridgehead atoms. The smallest absolute Gasteiger partial charge is 0.321 e. The van der Waals surface area contributed by atoms with E-state index in [-0.39, 0.29) is 12.1 Å². The van der Waals surface area contributed by atoms with Crippen molar-refractivity contribution in [2.75, 3.05) is 5.32 Å². The first kappa shape index (κ1) is 12.1. The third kappa shape index (κ3) is 2.43. The van der Waals surface area contributed by atoms with Crippen LogP contribution in [0.2, 0.25) is 0 Å². The van der Waals surface area contributed by atoms with E-state index in [1.54, 1.807) is 5.51 Å². The molecule has 8 heteroatoms. The molecule has 0 spiro atoms. The number of anilines is 1. The van der Waals surface area contributed by atoms with Crippen LogP contribution < -0.4 is 10.6 Å². The second-order valence-electron chi connectivity index (χ2n) is 4.46. The number of hydrogen-bond donors (Lipinski definition) is 2. The van der Waals surface area contributed by atoms with Gasteiger partial charge in [0, 0.05) is 18.3 Å². The van der Waals surface area contributed by atoms with Crippen LogP contribution >= 0.6 is 11.3 Å². The van der Waals surface area contributed by atoms with Gasteiger partial charge >= 0.3 is 6.03 Å². The van der Waals surface area contributed by atoms with Gasteiger partial charge in [0.05, 0.1) is 12.2 Å². The van der Waals surface area contributed by atoms with Gasteiger partial charge in [0.1, 0.15) is 5.51 Å². The lowest BCUT2D eigenvalue weighted by Gasteiger charge is -2.23. The van der Waals surface area contributed by atoms with Crippen molar-refractivity contribution in [3.05, 3.63) is 23.0 Å². The molecule has 1 aliphatic carbocycles. The highest BCUT2D eigenvalue weighted by Gasteiger charge is 2.24. The molecule has 100 valence electrons. The summed E-state index contributed by atoms with van der Waals surface area (Å²) >= 11 is 1.29. The number of carbonyl (C=O) groups excluding carboxylic acids is 1. The number of fused-ring (bicyclic) bond motifs is 1. The SMILES string of the molecule is Cn1ncc2c1CCCC2NC(=O)Nc1nncs1. The summed E-state index contributed by atoms with van der Waals surface area (Å²) in [4.78, 5) is 11.9. The summed E-state index contributed by atoms with van der Waals surface area (Å²) in [6, 6.07) is -0.233. The minimum atomic E-state index is -0.251. The first-order valence-electron chi connectivity index (χ1n) is 6.08. The Morgan fingerprint density at radius 1 is 1.58 bits per heavy atom. The molecule has 1 atom stereocenters. The molecular weight excluding hydrogens is 264 g/mol. The number of hydrogen-bond acceptors (Lipinski definition) is 5. The number of carbonyl (C=O) groups is 1. The topological polar surface area (TPSA) is 84.7 Å². The van der Waals surface area contributed by atoms with Crippen molar-refractivity contribution >= 4 is 22.5 Å². The fourth-order valence-corrected chi connectivity index (χ4v) is 2.82. The predicted octanol–water partition coefficient (Wildman–Crippen LogP) is 1.47. The Hall–Kier alpha value is -1.96. The first-order valence-corrected chi connectivity index (χ1v) is 6.96. The van der Waals surface area contributed by atoms with Crippen molar-refractivity contribution in [3.63, 3.8) is 0 Å². The summed E-state index contributed by atoms with van der Waals surface area (Å²) in [7, 11) is 1.93. The highest BCUT2D eigenvalue weighted by molar-refractivity contribution is 7.13.